The summed E-state index contributed by atoms with van der Waals surface area (Å²) in [4.78, 5) is 26.9. The van der Waals surface area contributed by atoms with Gasteiger partial charge in [0.25, 0.3) is 0 Å². The van der Waals surface area contributed by atoms with Gasteiger partial charge in [0.1, 0.15) is 11.3 Å². The Labute approximate surface area is 168 Å². The number of ether oxygens (including phenoxy) is 2. The van der Waals surface area contributed by atoms with Gasteiger partial charge in [-0.05, 0) is 61.9 Å². The fourth-order valence-corrected chi connectivity index (χ4v) is 3.19. The first-order valence-electron chi connectivity index (χ1n) is 8.80. The predicted octanol–water partition coefficient (Wildman–Crippen LogP) is 4.62. The van der Waals surface area contributed by atoms with Crippen LogP contribution in [-0.4, -0.2) is 25.5 Å². The molecule has 1 aliphatic rings. The third kappa shape index (κ3) is 3.80. The summed E-state index contributed by atoms with van der Waals surface area (Å²) in [5, 5.41) is 0.584. The smallest absolute Gasteiger partial charge is 0.343 e. The largest absolute Gasteiger partial charge is 0.494 e. The van der Waals surface area contributed by atoms with Gasteiger partial charge < -0.3 is 14.4 Å². The van der Waals surface area contributed by atoms with E-state index in [0.29, 0.717) is 23.0 Å². The molecule has 0 spiro atoms. The molecule has 0 radical (unpaired) electrons. The molecule has 3 rings (SSSR count). The normalized spacial score (nSPS) is 15.4. The Balaban J connectivity index is 2.07. The van der Waals surface area contributed by atoms with E-state index in [1.165, 1.54) is 7.11 Å². The average molecular weight is 398 g/mol. The number of ketones is 1. The number of halogens is 1. The maximum absolute atomic E-state index is 13.0. The fraction of sp³-hybridized carbons (Fsp3) is 0.182. The van der Waals surface area contributed by atoms with Crippen LogP contribution < -0.4 is 9.64 Å². The minimum Gasteiger partial charge on any atom is -0.494 e. The number of methoxy groups -OCH3 is 1. The maximum atomic E-state index is 13.0. The number of esters is 1. The average Bonchev–Trinajstić information content (AvgIpc) is 2.93. The molecular weight excluding hydrogens is 378 g/mol. The van der Waals surface area contributed by atoms with Gasteiger partial charge in [0, 0.05) is 16.4 Å². The lowest BCUT2D eigenvalue weighted by Gasteiger charge is -2.21. The monoisotopic (exact) mass is 397 g/mol. The second-order valence-electron chi connectivity index (χ2n) is 6.12. The molecule has 0 aromatic heterocycles. The van der Waals surface area contributed by atoms with Gasteiger partial charge in [-0.15, -0.1) is 0 Å². The molecule has 0 atom stereocenters. The molecule has 0 N–H and O–H groups in total. The minimum atomic E-state index is -0.656. The Morgan fingerprint density at radius 2 is 1.75 bits per heavy atom. The summed E-state index contributed by atoms with van der Waals surface area (Å²) >= 11 is 5.99. The van der Waals surface area contributed by atoms with Gasteiger partial charge in [0.05, 0.1) is 19.4 Å². The van der Waals surface area contributed by atoms with Crippen LogP contribution in [0.2, 0.25) is 5.02 Å². The van der Waals surface area contributed by atoms with Crippen LogP contribution in [0.3, 0.4) is 0 Å². The summed E-state index contributed by atoms with van der Waals surface area (Å²) in [6.45, 7) is 4.21. The minimum absolute atomic E-state index is 0.0228. The van der Waals surface area contributed by atoms with Crippen molar-refractivity contribution >= 4 is 35.1 Å². The molecule has 0 saturated carbocycles. The van der Waals surface area contributed by atoms with Gasteiger partial charge in [0.15, 0.2) is 0 Å². The van der Waals surface area contributed by atoms with Crippen molar-refractivity contribution < 1.29 is 19.1 Å². The zero-order valence-corrected chi connectivity index (χ0v) is 16.6. The zero-order chi connectivity index (χ0) is 20.3. The van der Waals surface area contributed by atoms with Crippen molar-refractivity contribution in [2.24, 2.45) is 0 Å². The van der Waals surface area contributed by atoms with Crippen LogP contribution in [0.1, 0.15) is 19.4 Å². The highest BCUT2D eigenvalue weighted by atomic mass is 35.5. The SMILES string of the molecule is CCOc1ccc(C=C2C(=O)C(C(=O)OC)=C(C)N2c2ccc(Cl)cc2)cc1. The van der Waals surface area contributed by atoms with Crippen LogP contribution in [0.15, 0.2) is 65.5 Å². The highest BCUT2D eigenvalue weighted by Crippen LogP contribution is 2.36. The second-order valence-corrected chi connectivity index (χ2v) is 6.56. The van der Waals surface area contributed by atoms with Crippen molar-refractivity contribution in [3.8, 4) is 5.75 Å². The molecule has 0 fully saturated rings. The van der Waals surface area contributed by atoms with E-state index < -0.39 is 5.97 Å². The van der Waals surface area contributed by atoms with Crippen molar-refractivity contribution in [1.82, 2.24) is 0 Å². The van der Waals surface area contributed by atoms with Crippen molar-refractivity contribution in [2.75, 3.05) is 18.6 Å². The van der Waals surface area contributed by atoms with Gasteiger partial charge in [-0.2, -0.15) is 0 Å². The van der Waals surface area contributed by atoms with E-state index in [1.54, 1.807) is 42.2 Å². The van der Waals surface area contributed by atoms with Crippen LogP contribution in [0.4, 0.5) is 5.69 Å². The fourth-order valence-electron chi connectivity index (χ4n) is 3.07. The number of rotatable bonds is 5. The molecule has 6 heteroatoms. The highest BCUT2D eigenvalue weighted by molar-refractivity contribution is 6.31. The standard InChI is InChI=1S/C22H20ClNO4/c1-4-28-18-11-5-15(6-12-18)13-19-21(25)20(22(26)27-3)14(2)24(19)17-9-7-16(23)8-10-17/h5-13H,4H2,1-3H3. The molecule has 144 valence electrons. The molecule has 28 heavy (non-hydrogen) atoms. The van der Waals surface area contributed by atoms with Crippen LogP contribution in [0.5, 0.6) is 5.75 Å². The molecule has 2 aromatic rings. The Morgan fingerprint density at radius 1 is 1.11 bits per heavy atom. The van der Waals surface area contributed by atoms with Gasteiger partial charge in [-0.1, -0.05) is 23.7 Å². The molecule has 0 saturated heterocycles. The van der Waals surface area contributed by atoms with Crippen LogP contribution in [0, 0.1) is 0 Å². The molecule has 2 aromatic carbocycles. The van der Waals surface area contributed by atoms with Crippen molar-refractivity contribution in [2.45, 2.75) is 13.8 Å². The topological polar surface area (TPSA) is 55.8 Å². The molecule has 0 unspecified atom stereocenters. The molecule has 0 amide bonds. The number of nitrogens with zero attached hydrogens (tertiary/aromatic N) is 1. The lowest BCUT2D eigenvalue weighted by Crippen LogP contribution is -2.18. The first kappa shape index (κ1) is 19.7. The quantitative estimate of drug-likeness (QED) is 0.418. The maximum Gasteiger partial charge on any atom is 0.343 e. The van der Waals surface area contributed by atoms with Crippen molar-refractivity contribution in [3.63, 3.8) is 0 Å². The molecule has 5 nitrogen and oxygen atoms in total. The van der Waals surface area contributed by atoms with E-state index in [0.717, 1.165) is 17.0 Å². The lowest BCUT2D eigenvalue weighted by molar-refractivity contribution is -0.137. The summed E-state index contributed by atoms with van der Waals surface area (Å²) in [7, 11) is 1.26. The highest BCUT2D eigenvalue weighted by Gasteiger charge is 2.38. The molecule has 0 aliphatic carbocycles. The van der Waals surface area contributed by atoms with Gasteiger partial charge in [0.2, 0.25) is 5.78 Å². The Morgan fingerprint density at radius 3 is 2.32 bits per heavy atom. The summed E-state index contributed by atoms with van der Waals surface area (Å²) in [5.41, 5.74) is 2.44. The molecule has 0 bridgehead atoms. The Kier molecular flexibility index (Phi) is 5.85. The summed E-state index contributed by atoms with van der Waals surface area (Å²) < 4.78 is 10.3. The number of hydrogen-bond donors (Lipinski definition) is 0. The Hall–Kier alpha value is -3.05. The zero-order valence-electron chi connectivity index (χ0n) is 15.9. The third-order valence-electron chi connectivity index (χ3n) is 4.37. The first-order chi connectivity index (χ1) is 13.5. The number of hydrogen-bond acceptors (Lipinski definition) is 5. The van der Waals surface area contributed by atoms with Crippen molar-refractivity contribution in [3.05, 3.63) is 76.1 Å². The second kappa shape index (κ2) is 8.31. The third-order valence-corrected chi connectivity index (χ3v) is 4.62. The number of allylic oxidation sites excluding steroid dienone is 2. The van der Waals surface area contributed by atoms with E-state index in [-0.39, 0.29) is 11.4 Å². The number of carbonyl (C=O) groups is 2. The number of carbonyl (C=O) groups excluding carboxylic acids is 2. The van der Waals surface area contributed by atoms with Gasteiger partial charge in [-0.3, -0.25) is 4.79 Å². The van der Waals surface area contributed by atoms with Crippen molar-refractivity contribution in [1.29, 1.82) is 0 Å². The van der Waals surface area contributed by atoms with Gasteiger partial charge >= 0.3 is 5.97 Å². The Bertz CT molecular complexity index is 959. The van der Waals surface area contributed by atoms with E-state index in [4.69, 9.17) is 21.1 Å². The number of Topliss-reactive ketones (excluding diaryl/α,β-unsaturated/α-hetero) is 1. The van der Waals surface area contributed by atoms with E-state index >= 15 is 0 Å². The summed E-state index contributed by atoms with van der Waals surface area (Å²) in [6.07, 6.45) is 1.74. The summed E-state index contributed by atoms with van der Waals surface area (Å²) in [5.74, 6) is -0.286. The van der Waals surface area contributed by atoms with Crippen LogP contribution >= 0.6 is 11.6 Å². The molecule has 1 aliphatic heterocycles. The molecule has 1 heterocycles. The summed E-state index contributed by atoms with van der Waals surface area (Å²) in [6, 6.07) is 14.5. The first-order valence-corrected chi connectivity index (χ1v) is 9.18. The van der Waals surface area contributed by atoms with Crippen LogP contribution in [0.25, 0.3) is 6.08 Å². The lowest BCUT2D eigenvalue weighted by atomic mass is 10.1. The van der Waals surface area contributed by atoms with E-state index in [1.807, 2.05) is 31.2 Å². The predicted molar refractivity (Wildman–Crippen MR) is 109 cm³/mol. The van der Waals surface area contributed by atoms with Crippen LogP contribution in [-0.2, 0) is 14.3 Å². The number of anilines is 1. The van der Waals surface area contributed by atoms with E-state index in [9.17, 15) is 9.59 Å². The van der Waals surface area contributed by atoms with E-state index in [2.05, 4.69) is 0 Å². The molecular formula is C22H20ClNO4. The number of benzene rings is 2. The van der Waals surface area contributed by atoms with Gasteiger partial charge in [-0.25, -0.2) is 4.79 Å².